The Labute approximate surface area is 122 Å². The second-order valence-electron chi connectivity index (χ2n) is 6.75. The normalized spacial score (nSPS) is 29.1. The van der Waals surface area contributed by atoms with E-state index in [0.29, 0.717) is 12.0 Å². The molecule has 0 radical (unpaired) electrons. The molecule has 2 heterocycles. The van der Waals surface area contributed by atoms with Gasteiger partial charge in [-0.3, -0.25) is 0 Å². The first kappa shape index (κ1) is 15.6. The average Bonchev–Trinajstić information content (AvgIpc) is 2.67. The molecule has 2 aliphatic heterocycles. The summed E-state index contributed by atoms with van der Waals surface area (Å²) in [7, 11) is 2.11. The third kappa shape index (κ3) is 3.26. The molecule has 0 bridgehead atoms. The first-order valence-electron chi connectivity index (χ1n) is 7.77. The van der Waals surface area contributed by atoms with E-state index in [1.807, 2.05) is 9.80 Å². The molecule has 0 aromatic carbocycles. The summed E-state index contributed by atoms with van der Waals surface area (Å²) >= 11 is 0. The number of carbonyl (C=O) groups excluding carboxylic acids is 1. The van der Waals surface area contributed by atoms with Gasteiger partial charge in [0, 0.05) is 32.2 Å². The first-order chi connectivity index (χ1) is 9.40. The fourth-order valence-electron chi connectivity index (χ4n) is 3.21. The minimum atomic E-state index is 0.151. The fourth-order valence-corrected chi connectivity index (χ4v) is 3.21. The van der Waals surface area contributed by atoms with Crippen LogP contribution in [0, 0.1) is 5.92 Å². The Hall–Kier alpha value is -0.810. The van der Waals surface area contributed by atoms with Crippen molar-refractivity contribution in [2.75, 3.05) is 39.8 Å². The number of amides is 2. The minimum absolute atomic E-state index is 0.151. The molecule has 2 saturated heterocycles. The SMILES string of the molecule is CC(C)C1CN(CC2CN(C)CCO2)C(=O)N1C(C)C. The molecule has 5 nitrogen and oxygen atoms in total. The quantitative estimate of drug-likeness (QED) is 0.784. The number of morpholine rings is 1. The van der Waals surface area contributed by atoms with E-state index in [9.17, 15) is 4.79 Å². The number of hydrogen-bond acceptors (Lipinski definition) is 3. The van der Waals surface area contributed by atoms with Crippen LogP contribution in [-0.4, -0.2) is 78.8 Å². The van der Waals surface area contributed by atoms with Crippen molar-refractivity contribution in [3.05, 3.63) is 0 Å². The number of urea groups is 1. The fraction of sp³-hybridized carbons (Fsp3) is 0.933. The lowest BCUT2D eigenvalue weighted by molar-refractivity contribution is -0.0291. The van der Waals surface area contributed by atoms with Gasteiger partial charge in [0.2, 0.25) is 0 Å². The Morgan fingerprint density at radius 3 is 2.45 bits per heavy atom. The van der Waals surface area contributed by atoms with E-state index >= 15 is 0 Å². The second-order valence-corrected chi connectivity index (χ2v) is 6.75. The standard InChI is InChI=1S/C15H29N3O2/c1-11(2)14-10-17(15(19)18(14)12(3)4)9-13-8-16(5)6-7-20-13/h11-14H,6-10H2,1-5H3. The Morgan fingerprint density at radius 2 is 1.95 bits per heavy atom. The summed E-state index contributed by atoms with van der Waals surface area (Å²) in [6.45, 7) is 12.8. The van der Waals surface area contributed by atoms with Crippen LogP contribution in [0.15, 0.2) is 0 Å². The van der Waals surface area contributed by atoms with Gasteiger partial charge in [-0.2, -0.15) is 0 Å². The van der Waals surface area contributed by atoms with Crippen LogP contribution in [0.3, 0.4) is 0 Å². The Kier molecular flexibility index (Phi) is 4.91. The summed E-state index contributed by atoms with van der Waals surface area (Å²) < 4.78 is 5.80. The minimum Gasteiger partial charge on any atom is -0.374 e. The lowest BCUT2D eigenvalue weighted by atomic mass is 10.0. The van der Waals surface area contributed by atoms with Gasteiger partial charge in [0.1, 0.15) is 0 Å². The molecule has 0 spiro atoms. The summed E-state index contributed by atoms with van der Waals surface area (Å²) in [6, 6.07) is 0.759. The van der Waals surface area contributed by atoms with E-state index in [2.05, 4.69) is 39.6 Å². The van der Waals surface area contributed by atoms with Crippen molar-refractivity contribution in [3.63, 3.8) is 0 Å². The molecular weight excluding hydrogens is 254 g/mol. The highest BCUT2D eigenvalue weighted by atomic mass is 16.5. The molecule has 116 valence electrons. The highest BCUT2D eigenvalue weighted by molar-refractivity contribution is 5.77. The van der Waals surface area contributed by atoms with E-state index < -0.39 is 0 Å². The number of carbonyl (C=O) groups is 1. The van der Waals surface area contributed by atoms with E-state index in [1.54, 1.807) is 0 Å². The van der Waals surface area contributed by atoms with Crippen molar-refractivity contribution in [2.24, 2.45) is 5.92 Å². The van der Waals surface area contributed by atoms with Gasteiger partial charge in [0.15, 0.2) is 0 Å². The van der Waals surface area contributed by atoms with Crippen LogP contribution in [0.1, 0.15) is 27.7 Å². The Bertz CT molecular complexity index is 346. The number of ether oxygens (including phenoxy) is 1. The molecular formula is C15H29N3O2. The topological polar surface area (TPSA) is 36.0 Å². The number of likely N-dealkylation sites (N-methyl/N-ethyl adjacent to an activating group) is 1. The molecule has 0 aromatic rings. The molecule has 2 amide bonds. The molecule has 2 aliphatic rings. The van der Waals surface area contributed by atoms with Crippen molar-refractivity contribution in [1.29, 1.82) is 0 Å². The molecule has 2 atom stereocenters. The number of hydrogen-bond donors (Lipinski definition) is 0. The van der Waals surface area contributed by atoms with Crippen LogP contribution in [-0.2, 0) is 4.74 Å². The summed E-state index contributed by atoms with van der Waals surface area (Å²) in [5.74, 6) is 0.487. The molecule has 0 N–H and O–H groups in total. The molecule has 2 unspecified atom stereocenters. The van der Waals surface area contributed by atoms with E-state index in [4.69, 9.17) is 4.74 Å². The first-order valence-corrected chi connectivity index (χ1v) is 7.77. The van der Waals surface area contributed by atoms with Gasteiger partial charge in [-0.05, 0) is 26.8 Å². The highest BCUT2D eigenvalue weighted by Gasteiger charge is 2.41. The molecule has 20 heavy (non-hydrogen) atoms. The maximum absolute atomic E-state index is 12.6. The number of rotatable bonds is 4. The smallest absolute Gasteiger partial charge is 0.320 e. The molecule has 0 saturated carbocycles. The third-order valence-electron chi connectivity index (χ3n) is 4.35. The predicted octanol–water partition coefficient (Wildman–Crippen LogP) is 1.49. The van der Waals surface area contributed by atoms with Gasteiger partial charge >= 0.3 is 6.03 Å². The van der Waals surface area contributed by atoms with Gasteiger partial charge in [-0.1, -0.05) is 13.8 Å². The molecule has 2 fully saturated rings. The van der Waals surface area contributed by atoms with E-state index in [-0.39, 0.29) is 18.2 Å². The van der Waals surface area contributed by atoms with Crippen LogP contribution in [0.2, 0.25) is 0 Å². The highest BCUT2D eigenvalue weighted by Crippen LogP contribution is 2.25. The lowest BCUT2D eigenvalue weighted by Crippen LogP contribution is -2.47. The van der Waals surface area contributed by atoms with Gasteiger partial charge in [0.25, 0.3) is 0 Å². The van der Waals surface area contributed by atoms with Gasteiger partial charge in [-0.25, -0.2) is 4.79 Å². The average molecular weight is 283 g/mol. The number of nitrogens with zero attached hydrogens (tertiary/aromatic N) is 3. The van der Waals surface area contributed by atoms with Crippen LogP contribution in [0.4, 0.5) is 4.79 Å². The summed E-state index contributed by atoms with van der Waals surface area (Å²) in [6.07, 6.45) is 0.151. The largest absolute Gasteiger partial charge is 0.374 e. The van der Waals surface area contributed by atoms with E-state index in [0.717, 1.165) is 32.8 Å². The van der Waals surface area contributed by atoms with Crippen molar-refractivity contribution in [3.8, 4) is 0 Å². The third-order valence-corrected chi connectivity index (χ3v) is 4.35. The summed E-state index contributed by atoms with van der Waals surface area (Å²) in [5.41, 5.74) is 0. The molecule has 5 heteroatoms. The van der Waals surface area contributed by atoms with Crippen molar-refractivity contribution < 1.29 is 9.53 Å². The van der Waals surface area contributed by atoms with Gasteiger partial charge in [-0.15, -0.1) is 0 Å². The van der Waals surface area contributed by atoms with Crippen LogP contribution < -0.4 is 0 Å². The lowest BCUT2D eigenvalue weighted by Gasteiger charge is -2.32. The molecule has 0 aliphatic carbocycles. The van der Waals surface area contributed by atoms with Gasteiger partial charge in [0.05, 0.1) is 18.8 Å². The Balaban J connectivity index is 2.00. The van der Waals surface area contributed by atoms with Crippen molar-refractivity contribution >= 4 is 6.03 Å². The zero-order valence-corrected chi connectivity index (χ0v) is 13.5. The predicted molar refractivity (Wildman–Crippen MR) is 79.8 cm³/mol. The molecule has 2 rings (SSSR count). The van der Waals surface area contributed by atoms with Crippen molar-refractivity contribution in [1.82, 2.24) is 14.7 Å². The maximum atomic E-state index is 12.6. The van der Waals surface area contributed by atoms with Crippen LogP contribution in [0.25, 0.3) is 0 Å². The van der Waals surface area contributed by atoms with E-state index in [1.165, 1.54) is 0 Å². The zero-order chi connectivity index (χ0) is 14.9. The summed E-state index contributed by atoms with van der Waals surface area (Å²) in [4.78, 5) is 18.9. The zero-order valence-electron chi connectivity index (χ0n) is 13.5. The summed E-state index contributed by atoms with van der Waals surface area (Å²) in [5, 5.41) is 0. The van der Waals surface area contributed by atoms with Crippen LogP contribution in [0.5, 0.6) is 0 Å². The maximum Gasteiger partial charge on any atom is 0.320 e. The Morgan fingerprint density at radius 1 is 1.25 bits per heavy atom. The molecule has 0 aromatic heterocycles. The van der Waals surface area contributed by atoms with Crippen molar-refractivity contribution in [2.45, 2.75) is 45.9 Å². The monoisotopic (exact) mass is 283 g/mol. The van der Waals surface area contributed by atoms with Crippen LogP contribution >= 0.6 is 0 Å². The van der Waals surface area contributed by atoms with Gasteiger partial charge < -0.3 is 19.4 Å². The second kappa shape index (κ2) is 6.31.